The predicted octanol–water partition coefficient (Wildman–Crippen LogP) is 3.25. The number of ether oxygens (including phenoxy) is 1. The quantitative estimate of drug-likeness (QED) is 0.562. The Morgan fingerprint density at radius 3 is 2.88 bits per heavy atom. The van der Waals surface area contributed by atoms with Gasteiger partial charge in [-0.2, -0.15) is 8.75 Å². The Labute approximate surface area is 140 Å². The number of hydrogen-bond acceptors (Lipinski definition) is 7. The van der Waals surface area contributed by atoms with Crippen molar-refractivity contribution in [2.24, 2.45) is 0 Å². The molecule has 9 heteroatoms. The van der Waals surface area contributed by atoms with E-state index in [1.165, 1.54) is 12.1 Å². The Balaban J connectivity index is 1.96. The second kappa shape index (κ2) is 6.59. The lowest BCUT2D eigenvalue weighted by atomic mass is 10.1. The van der Waals surface area contributed by atoms with Crippen molar-refractivity contribution in [2.45, 2.75) is 6.92 Å². The summed E-state index contributed by atoms with van der Waals surface area (Å²) in [5, 5.41) is 13.9. The summed E-state index contributed by atoms with van der Waals surface area (Å²) >= 11 is 0.862. The molecule has 122 valence electrons. The van der Waals surface area contributed by atoms with Crippen LogP contribution in [0.1, 0.15) is 17.3 Å². The van der Waals surface area contributed by atoms with Crippen LogP contribution < -0.4 is 10.1 Å². The molecule has 1 aromatic heterocycles. The zero-order chi connectivity index (χ0) is 17.1. The summed E-state index contributed by atoms with van der Waals surface area (Å²) in [4.78, 5) is 23.1. The fourth-order valence-corrected chi connectivity index (χ4v) is 2.73. The van der Waals surface area contributed by atoms with Crippen molar-refractivity contribution in [2.75, 3.05) is 11.9 Å². The average Bonchev–Trinajstić information content (AvgIpc) is 3.04. The lowest BCUT2D eigenvalue weighted by Crippen LogP contribution is -2.13. The summed E-state index contributed by atoms with van der Waals surface area (Å²) in [6, 6.07) is 9.65. The fraction of sp³-hybridized carbons (Fsp3) is 0.133. The van der Waals surface area contributed by atoms with Gasteiger partial charge in [-0.25, -0.2) is 0 Å². The first kappa shape index (κ1) is 15.8. The number of nitro benzene ring substituents is 1. The summed E-state index contributed by atoms with van der Waals surface area (Å²) < 4.78 is 13.3. The summed E-state index contributed by atoms with van der Waals surface area (Å²) in [7, 11) is 0. The molecule has 0 saturated heterocycles. The number of carbonyl (C=O) groups excluding carboxylic acids is 1. The molecule has 0 aliphatic carbocycles. The van der Waals surface area contributed by atoms with Gasteiger partial charge in [-0.1, -0.05) is 12.1 Å². The van der Waals surface area contributed by atoms with Gasteiger partial charge in [0.2, 0.25) is 0 Å². The van der Waals surface area contributed by atoms with Gasteiger partial charge in [0.05, 0.1) is 28.9 Å². The molecule has 1 heterocycles. The van der Waals surface area contributed by atoms with Crippen LogP contribution in [0.15, 0.2) is 36.4 Å². The molecule has 0 fully saturated rings. The van der Waals surface area contributed by atoms with E-state index in [2.05, 4.69) is 14.1 Å². The molecular formula is C15H12N4O4S. The van der Waals surface area contributed by atoms with Crippen LogP contribution in [0.5, 0.6) is 5.75 Å². The van der Waals surface area contributed by atoms with Crippen LogP contribution in [0.4, 0.5) is 11.4 Å². The Kier molecular flexibility index (Phi) is 4.34. The highest BCUT2D eigenvalue weighted by atomic mass is 32.1. The Hall–Kier alpha value is -3.07. The van der Waals surface area contributed by atoms with Gasteiger partial charge in [0, 0.05) is 11.6 Å². The summed E-state index contributed by atoms with van der Waals surface area (Å²) in [6.45, 7) is 2.29. The van der Waals surface area contributed by atoms with Crippen molar-refractivity contribution >= 4 is 40.0 Å². The molecule has 3 rings (SSSR count). The third kappa shape index (κ3) is 3.01. The van der Waals surface area contributed by atoms with Crippen LogP contribution in [-0.4, -0.2) is 26.2 Å². The van der Waals surface area contributed by atoms with Gasteiger partial charge in [-0.3, -0.25) is 14.9 Å². The Morgan fingerprint density at radius 1 is 1.33 bits per heavy atom. The van der Waals surface area contributed by atoms with Gasteiger partial charge in [0.25, 0.3) is 11.6 Å². The molecule has 0 spiro atoms. The molecule has 0 atom stereocenters. The van der Waals surface area contributed by atoms with Crippen LogP contribution in [0, 0.1) is 10.1 Å². The van der Waals surface area contributed by atoms with E-state index in [4.69, 9.17) is 4.74 Å². The van der Waals surface area contributed by atoms with E-state index in [9.17, 15) is 14.9 Å². The van der Waals surface area contributed by atoms with Crippen molar-refractivity contribution in [3.63, 3.8) is 0 Å². The minimum Gasteiger partial charge on any atom is -0.492 e. The maximum Gasteiger partial charge on any atom is 0.299 e. The molecule has 0 aliphatic rings. The number of rotatable bonds is 5. The summed E-state index contributed by atoms with van der Waals surface area (Å²) in [5.74, 6) is 0.0411. The number of anilines is 1. The first-order chi connectivity index (χ1) is 11.6. The van der Waals surface area contributed by atoms with E-state index in [-0.39, 0.29) is 16.8 Å². The molecule has 0 saturated carbocycles. The number of non-ortho nitro benzene ring substituents is 1. The number of nitrogens with zero attached hydrogens (tertiary/aromatic N) is 3. The van der Waals surface area contributed by atoms with Crippen molar-refractivity contribution in [1.82, 2.24) is 8.75 Å². The van der Waals surface area contributed by atoms with Crippen molar-refractivity contribution in [1.29, 1.82) is 0 Å². The molecule has 0 radical (unpaired) electrons. The Morgan fingerprint density at radius 2 is 2.12 bits per heavy atom. The normalized spacial score (nSPS) is 10.5. The molecule has 0 bridgehead atoms. The van der Waals surface area contributed by atoms with E-state index in [1.54, 1.807) is 24.3 Å². The molecular weight excluding hydrogens is 332 g/mol. The largest absolute Gasteiger partial charge is 0.492 e. The Bertz CT molecular complexity index is 925. The number of benzene rings is 2. The number of para-hydroxylation sites is 2. The SMILES string of the molecule is CCOc1ccccc1NC(=O)c1cc([N+](=O)[O-])c2nsnc2c1. The molecule has 0 unspecified atom stereocenters. The van der Waals surface area contributed by atoms with E-state index >= 15 is 0 Å². The predicted molar refractivity (Wildman–Crippen MR) is 89.6 cm³/mol. The molecule has 24 heavy (non-hydrogen) atoms. The van der Waals surface area contributed by atoms with Crippen LogP contribution >= 0.6 is 11.7 Å². The molecule has 0 aliphatic heterocycles. The van der Waals surface area contributed by atoms with E-state index < -0.39 is 10.8 Å². The maximum atomic E-state index is 12.5. The van der Waals surface area contributed by atoms with Crippen LogP contribution in [0.3, 0.4) is 0 Å². The fourth-order valence-electron chi connectivity index (χ4n) is 2.19. The number of fused-ring (bicyclic) bond motifs is 1. The van der Waals surface area contributed by atoms with Gasteiger partial charge in [-0.15, -0.1) is 0 Å². The van der Waals surface area contributed by atoms with Crippen molar-refractivity contribution in [3.05, 3.63) is 52.1 Å². The average molecular weight is 344 g/mol. The van der Waals surface area contributed by atoms with Crippen LogP contribution in [-0.2, 0) is 0 Å². The van der Waals surface area contributed by atoms with Crippen molar-refractivity contribution in [3.8, 4) is 5.75 Å². The van der Waals surface area contributed by atoms with Gasteiger partial charge < -0.3 is 10.1 Å². The molecule has 3 aromatic rings. The van der Waals surface area contributed by atoms with E-state index in [0.29, 0.717) is 23.6 Å². The van der Waals surface area contributed by atoms with Crippen LogP contribution in [0.2, 0.25) is 0 Å². The molecule has 1 N–H and O–H groups in total. The number of amides is 1. The third-order valence-electron chi connectivity index (χ3n) is 3.23. The highest BCUT2D eigenvalue weighted by Gasteiger charge is 2.20. The van der Waals surface area contributed by atoms with Crippen LogP contribution in [0.25, 0.3) is 11.0 Å². The molecule has 1 amide bonds. The highest BCUT2D eigenvalue weighted by Crippen LogP contribution is 2.28. The second-order valence-corrected chi connectivity index (χ2v) is 5.30. The van der Waals surface area contributed by atoms with Gasteiger partial charge in [-0.05, 0) is 25.1 Å². The number of nitro groups is 1. The summed E-state index contributed by atoms with van der Waals surface area (Å²) in [5.41, 5.74) is 0.870. The lowest BCUT2D eigenvalue weighted by molar-refractivity contribution is -0.383. The number of hydrogen-bond donors (Lipinski definition) is 1. The number of aromatic nitrogens is 2. The molecule has 8 nitrogen and oxygen atoms in total. The first-order valence-electron chi connectivity index (χ1n) is 7.04. The smallest absolute Gasteiger partial charge is 0.299 e. The zero-order valence-electron chi connectivity index (χ0n) is 12.6. The number of nitrogens with one attached hydrogen (secondary N) is 1. The highest BCUT2D eigenvalue weighted by molar-refractivity contribution is 7.00. The lowest BCUT2D eigenvalue weighted by Gasteiger charge is -2.11. The third-order valence-corrected chi connectivity index (χ3v) is 3.78. The van der Waals surface area contributed by atoms with Gasteiger partial charge in [0.1, 0.15) is 11.3 Å². The topological polar surface area (TPSA) is 107 Å². The van der Waals surface area contributed by atoms with E-state index in [1.807, 2.05) is 6.92 Å². The van der Waals surface area contributed by atoms with E-state index in [0.717, 1.165) is 11.7 Å². The number of carbonyl (C=O) groups is 1. The minimum absolute atomic E-state index is 0.133. The summed E-state index contributed by atoms with van der Waals surface area (Å²) in [6.07, 6.45) is 0. The zero-order valence-corrected chi connectivity index (χ0v) is 13.4. The minimum atomic E-state index is -0.575. The van der Waals surface area contributed by atoms with Crippen molar-refractivity contribution < 1.29 is 14.5 Å². The maximum absolute atomic E-state index is 12.5. The second-order valence-electron chi connectivity index (χ2n) is 4.77. The molecule has 2 aromatic carbocycles. The standard InChI is InChI=1S/C15H12N4O4S/c1-2-23-13-6-4-3-5-10(13)16-15(20)9-7-11-14(18-24-17-11)12(8-9)19(21)22/h3-8H,2H2,1H3,(H,16,20). The van der Waals surface area contributed by atoms with Gasteiger partial charge >= 0.3 is 0 Å². The van der Waals surface area contributed by atoms with Gasteiger partial charge in [0.15, 0.2) is 5.52 Å². The monoisotopic (exact) mass is 344 g/mol. The first-order valence-corrected chi connectivity index (χ1v) is 7.77.